The van der Waals surface area contributed by atoms with Crippen molar-refractivity contribution < 1.29 is 32.7 Å². The van der Waals surface area contributed by atoms with Gasteiger partial charge in [-0.05, 0) is 0 Å². The van der Waals surface area contributed by atoms with Crippen LogP contribution in [-0.2, 0) is 13.8 Å². The molecule has 0 bridgehead atoms. The Balaban J connectivity index is 3.35. The molecule has 1 N–H and O–H groups in total. The molecular weight excluding hydrogens is 330 g/mol. The molecule has 0 spiro atoms. The Hall–Kier alpha value is -2.07. The van der Waals surface area contributed by atoms with Crippen LogP contribution in [0.4, 0.5) is 5.69 Å². The number of ether oxygens (including phenoxy) is 2. The van der Waals surface area contributed by atoms with E-state index in [0.717, 1.165) is 19.2 Å². The number of halogens is 1. The van der Waals surface area contributed by atoms with Crippen molar-refractivity contribution >= 4 is 31.4 Å². The lowest BCUT2D eigenvalue weighted by atomic mass is 10.2. The first-order chi connectivity index (χ1) is 9.66. The molecule has 0 saturated heterocycles. The van der Waals surface area contributed by atoms with Crippen molar-refractivity contribution in [2.45, 2.75) is 11.3 Å². The number of hydrogen-bond acceptors (Lipinski definition) is 7. The summed E-state index contributed by atoms with van der Waals surface area (Å²) in [5.74, 6) is -1.77. The van der Waals surface area contributed by atoms with Gasteiger partial charge in [-0.25, -0.2) is 8.42 Å². The Morgan fingerprint density at radius 1 is 1.48 bits per heavy atom. The summed E-state index contributed by atoms with van der Waals surface area (Å²) in [5, 5.41) is 19.3. The number of methoxy groups -OCH3 is 1. The summed E-state index contributed by atoms with van der Waals surface area (Å²) in [4.78, 5) is 19.7. The SMILES string of the molecule is COc1c(OCCC(=O)O)cc([N+](=O)[O-])cc1S(=O)(=O)Cl. The van der Waals surface area contributed by atoms with Crippen molar-refractivity contribution in [1.29, 1.82) is 0 Å². The first kappa shape index (κ1) is 17.0. The Labute approximate surface area is 123 Å². The molecular formula is C10H10ClNO8S. The average Bonchev–Trinajstić information content (AvgIpc) is 2.36. The van der Waals surface area contributed by atoms with Crippen LogP contribution in [0.1, 0.15) is 6.42 Å². The second-order valence-electron chi connectivity index (χ2n) is 3.66. The third-order valence-corrected chi connectivity index (χ3v) is 3.58. The highest BCUT2D eigenvalue weighted by Gasteiger charge is 2.26. The lowest BCUT2D eigenvalue weighted by molar-refractivity contribution is -0.385. The highest BCUT2D eigenvalue weighted by molar-refractivity contribution is 8.13. The number of nitrogens with zero attached hydrogens (tertiary/aromatic N) is 1. The Kier molecular flexibility index (Phi) is 5.33. The topological polar surface area (TPSA) is 133 Å². The number of aliphatic carboxylic acids is 1. The number of carboxylic acids is 1. The third-order valence-electron chi connectivity index (χ3n) is 2.26. The van der Waals surface area contributed by atoms with Crippen LogP contribution in [0.25, 0.3) is 0 Å². The van der Waals surface area contributed by atoms with Crippen LogP contribution in [0.5, 0.6) is 11.5 Å². The van der Waals surface area contributed by atoms with Crippen LogP contribution in [-0.4, -0.2) is 38.1 Å². The highest BCUT2D eigenvalue weighted by atomic mass is 35.7. The highest BCUT2D eigenvalue weighted by Crippen LogP contribution is 2.39. The van der Waals surface area contributed by atoms with Crippen molar-refractivity contribution in [3.05, 3.63) is 22.2 Å². The quantitative estimate of drug-likeness (QED) is 0.447. The molecule has 0 aliphatic heterocycles. The number of rotatable bonds is 7. The molecule has 0 fully saturated rings. The van der Waals surface area contributed by atoms with E-state index in [4.69, 9.17) is 25.3 Å². The molecule has 9 nitrogen and oxygen atoms in total. The fourth-order valence-corrected chi connectivity index (χ4v) is 2.42. The molecule has 0 aliphatic rings. The zero-order chi connectivity index (χ0) is 16.2. The summed E-state index contributed by atoms with van der Waals surface area (Å²) in [6.45, 7) is -0.325. The number of carbonyl (C=O) groups is 1. The van der Waals surface area contributed by atoms with Crippen LogP contribution in [0.2, 0.25) is 0 Å². The maximum absolute atomic E-state index is 11.4. The van der Waals surface area contributed by atoms with E-state index in [1.54, 1.807) is 0 Å². The minimum Gasteiger partial charge on any atom is -0.492 e. The summed E-state index contributed by atoms with van der Waals surface area (Å²) >= 11 is 0. The van der Waals surface area contributed by atoms with Gasteiger partial charge in [0, 0.05) is 16.7 Å². The van der Waals surface area contributed by atoms with Crippen LogP contribution >= 0.6 is 10.7 Å². The van der Waals surface area contributed by atoms with E-state index in [1.165, 1.54) is 0 Å². The van der Waals surface area contributed by atoms with Crippen LogP contribution in [0, 0.1) is 10.1 Å². The normalized spacial score (nSPS) is 11.0. The maximum Gasteiger partial charge on any atom is 0.306 e. The fourth-order valence-electron chi connectivity index (χ4n) is 1.41. The molecule has 0 atom stereocenters. The largest absolute Gasteiger partial charge is 0.492 e. The molecule has 1 aromatic rings. The van der Waals surface area contributed by atoms with E-state index in [-0.39, 0.29) is 24.5 Å². The predicted octanol–water partition coefficient (Wildman–Crippen LogP) is 1.38. The monoisotopic (exact) mass is 339 g/mol. The molecule has 1 aromatic carbocycles. The summed E-state index contributed by atoms with van der Waals surface area (Å²) < 4.78 is 32.7. The van der Waals surface area contributed by atoms with Gasteiger partial charge >= 0.3 is 5.97 Å². The summed E-state index contributed by atoms with van der Waals surface area (Å²) in [6.07, 6.45) is -0.380. The number of nitro groups is 1. The van der Waals surface area contributed by atoms with E-state index < -0.39 is 30.5 Å². The molecule has 0 unspecified atom stereocenters. The summed E-state index contributed by atoms with van der Waals surface area (Å²) in [5.41, 5.74) is -0.583. The van der Waals surface area contributed by atoms with Crippen molar-refractivity contribution in [2.24, 2.45) is 0 Å². The molecule has 11 heteroatoms. The fraction of sp³-hybridized carbons (Fsp3) is 0.300. The van der Waals surface area contributed by atoms with E-state index in [2.05, 4.69) is 0 Å². The molecule has 0 heterocycles. The maximum atomic E-state index is 11.4. The standard InChI is InChI=1S/C10H10ClNO8S/c1-19-10-7(20-3-2-9(13)14)4-6(12(15)16)5-8(10)21(11,17)18/h4-5H,2-3H2,1H3,(H,13,14). The average molecular weight is 340 g/mol. The van der Waals surface area contributed by atoms with E-state index in [1.807, 2.05) is 0 Å². The van der Waals surface area contributed by atoms with Gasteiger partial charge in [0.2, 0.25) is 0 Å². The molecule has 1 rings (SSSR count). The van der Waals surface area contributed by atoms with Gasteiger partial charge in [-0.2, -0.15) is 0 Å². The van der Waals surface area contributed by atoms with Crippen LogP contribution in [0.15, 0.2) is 17.0 Å². The second-order valence-corrected chi connectivity index (χ2v) is 6.20. The Morgan fingerprint density at radius 2 is 2.10 bits per heavy atom. The van der Waals surface area contributed by atoms with Crippen LogP contribution < -0.4 is 9.47 Å². The molecule has 0 saturated carbocycles. The molecule has 0 aromatic heterocycles. The van der Waals surface area contributed by atoms with Gasteiger partial charge in [-0.15, -0.1) is 0 Å². The van der Waals surface area contributed by atoms with E-state index >= 15 is 0 Å². The second kappa shape index (κ2) is 6.59. The van der Waals surface area contributed by atoms with Crippen molar-refractivity contribution in [2.75, 3.05) is 13.7 Å². The minimum atomic E-state index is -4.32. The molecule has 0 radical (unpaired) electrons. The number of non-ortho nitro benzene ring substituents is 1. The van der Waals surface area contributed by atoms with Gasteiger partial charge < -0.3 is 14.6 Å². The zero-order valence-electron chi connectivity index (χ0n) is 10.6. The third kappa shape index (κ3) is 4.46. The number of nitro benzene ring substituents is 1. The lowest BCUT2D eigenvalue weighted by Crippen LogP contribution is -2.07. The predicted molar refractivity (Wildman–Crippen MR) is 70.4 cm³/mol. The first-order valence-corrected chi connectivity index (χ1v) is 7.63. The van der Waals surface area contributed by atoms with E-state index in [9.17, 15) is 23.3 Å². The van der Waals surface area contributed by atoms with E-state index in [0.29, 0.717) is 0 Å². The van der Waals surface area contributed by atoms with Gasteiger partial charge in [0.05, 0.1) is 31.1 Å². The lowest BCUT2D eigenvalue weighted by Gasteiger charge is -2.12. The van der Waals surface area contributed by atoms with Gasteiger partial charge in [0.1, 0.15) is 4.90 Å². The number of hydrogen-bond donors (Lipinski definition) is 1. The van der Waals surface area contributed by atoms with Crippen molar-refractivity contribution in [3.8, 4) is 11.5 Å². The zero-order valence-corrected chi connectivity index (χ0v) is 12.2. The van der Waals surface area contributed by atoms with Crippen LogP contribution in [0.3, 0.4) is 0 Å². The van der Waals surface area contributed by atoms with Gasteiger partial charge in [-0.3, -0.25) is 14.9 Å². The van der Waals surface area contributed by atoms with Crippen molar-refractivity contribution in [3.63, 3.8) is 0 Å². The molecule has 0 aliphatic carbocycles. The Bertz CT molecular complexity index is 672. The minimum absolute atomic E-state index is 0.285. The number of benzene rings is 1. The van der Waals surface area contributed by atoms with Crippen molar-refractivity contribution in [1.82, 2.24) is 0 Å². The number of carboxylic acid groups (broad SMARTS) is 1. The van der Waals surface area contributed by atoms with Gasteiger partial charge in [0.15, 0.2) is 11.5 Å². The summed E-state index contributed by atoms with van der Waals surface area (Å²) in [7, 11) is 2.00. The first-order valence-electron chi connectivity index (χ1n) is 5.32. The molecule has 116 valence electrons. The summed E-state index contributed by atoms with van der Waals surface area (Å²) in [6, 6.07) is 1.65. The van der Waals surface area contributed by atoms with Gasteiger partial charge in [0.25, 0.3) is 14.7 Å². The van der Waals surface area contributed by atoms with Gasteiger partial charge in [-0.1, -0.05) is 0 Å². The Morgan fingerprint density at radius 3 is 2.52 bits per heavy atom. The smallest absolute Gasteiger partial charge is 0.306 e. The molecule has 0 amide bonds. The molecule has 21 heavy (non-hydrogen) atoms.